The predicted octanol–water partition coefficient (Wildman–Crippen LogP) is 5.00. The van der Waals surface area contributed by atoms with E-state index in [9.17, 15) is 0 Å². The van der Waals surface area contributed by atoms with Crippen LogP contribution < -0.4 is 10.6 Å². The van der Waals surface area contributed by atoms with Crippen LogP contribution in [0.1, 0.15) is 23.4 Å². The average Bonchev–Trinajstić information content (AvgIpc) is 3.37. The minimum atomic E-state index is 0. The molecular formula is C20H25IN4S2. The molecule has 1 aromatic carbocycles. The van der Waals surface area contributed by atoms with Crippen molar-refractivity contribution < 1.29 is 0 Å². The van der Waals surface area contributed by atoms with Gasteiger partial charge < -0.3 is 10.6 Å². The van der Waals surface area contributed by atoms with Crippen LogP contribution in [0.5, 0.6) is 0 Å². The third kappa shape index (κ3) is 6.58. The van der Waals surface area contributed by atoms with E-state index in [1.807, 2.05) is 25.2 Å². The number of rotatable bonds is 7. The molecule has 27 heavy (non-hydrogen) atoms. The van der Waals surface area contributed by atoms with Crippen LogP contribution in [0.15, 0.2) is 58.2 Å². The third-order valence-electron chi connectivity index (χ3n) is 4.07. The van der Waals surface area contributed by atoms with Crippen molar-refractivity contribution in [3.8, 4) is 10.6 Å². The van der Waals surface area contributed by atoms with E-state index in [4.69, 9.17) is 4.98 Å². The summed E-state index contributed by atoms with van der Waals surface area (Å²) in [6, 6.07) is 14.6. The zero-order valence-corrected chi connectivity index (χ0v) is 19.5. The maximum Gasteiger partial charge on any atom is 0.191 e. The van der Waals surface area contributed by atoms with Gasteiger partial charge in [0.15, 0.2) is 5.96 Å². The molecule has 3 rings (SSSR count). The number of benzene rings is 1. The van der Waals surface area contributed by atoms with Gasteiger partial charge in [-0.05, 0) is 11.4 Å². The molecule has 0 saturated carbocycles. The third-order valence-corrected chi connectivity index (χ3v) is 6.12. The second-order valence-corrected chi connectivity index (χ2v) is 7.89. The van der Waals surface area contributed by atoms with Crippen molar-refractivity contribution in [2.24, 2.45) is 4.99 Å². The molecule has 4 nitrogen and oxygen atoms in total. The molecule has 1 unspecified atom stereocenters. The smallest absolute Gasteiger partial charge is 0.191 e. The molecule has 144 valence electrons. The second-order valence-electron chi connectivity index (χ2n) is 6.06. The lowest BCUT2D eigenvalue weighted by Gasteiger charge is -2.15. The van der Waals surface area contributed by atoms with Crippen molar-refractivity contribution >= 4 is 52.6 Å². The summed E-state index contributed by atoms with van der Waals surface area (Å²) in [4.78, 5) is 10.4. The van der Waals surface area contributed by atoms with Gasteiger partial charge in [-0.1, -0.05) is 43.3 Å². The van der Waals surface area contributed by atoms with Gasteiger partial charge in [-0.2, -0.15) is 0 Å². The summed E-state index contributed by atoms with van der Waals surface area (Å²) < 4.78 is 0. The van der Waals surface area contributed by atoms with E-state index < -0.39 is 0 Å². The monoisotopic (exact) mass is 512 g/mol. The van der Waals surface area contributed by atoms with Gasteiger partial charge in [-0.25, -0.2) is 4.98 Å². The standard InChI is InChI=1S/C20H24N4S2.HI/c1-15(18-9-6-12-25-18)13-23-20(21-2)22-11-10-17-14-26-19(24-17)16-7-4-3-5-8-16;/h3-9,12,14-15H,10-11,13H2,1-2H3,(H2,21,22,23);1H. The molecule has 0 fully saturated rings. The van der Waals surface area contributed by atoms with Crippen molar-refractivity contribution in [3.63, 3.8) is 0 Å². The van der Waals surface area contributed by atoms with E-state index in [-0.39, 0.29) is 24.0 Å². The predicted molar refractivity (Wildman–Crippen MR) is 129 cm³/mol. The molecule has 0 amide bonds. The van der Waals surface area contributed by atoms with Crippen LogP contribution in [0.2, 0.25) is 0 Å². The first kappa shape index (κ1) is 21.8. The molecule has 2 N–H and O–H groups in total. The molecule has 2 heterocycles. The zero-order valence-electron chi connectivity index (χ0n) is 15.5. The van der Waals surface area contributed by atoms with Crippen LogP contribution in [0.4, 0.5) is 0 Å². The SMILES string of the molecule is CN=C(NCCc1csc(-c2ccccc2)n1)NCC(C)c1cccs1.I. The molecule has 2 aromatic heterocycles. The molecule has 0 aliphatic carbocycles. The van der Waals surface area contributed by atoms with Crippen LogP contribution in [0.3, 0.4) is 0 Å². The molecule has 7 heteroatoms. The van der Waals surface area contributed by atoms with Gasteiger partial charge in [0.05, 0.1) is 5.69 Å². The first-order chi connectivity index (χ1) is 12.8. The Kier molecular flexibility index (Phi) is 9.23. The first-order valence-corrected chi connectivity index (χ1v) is 10.5. The van der Waals surface area contributed by atoms with Gasteiger partial charge in [0, 0.05) is 48.3 Å². The average molecular weight is 512 g/mol. The highest BCUT2D eigenvalue weighted by molar-refractivity contribution is 14.0. The molecule has 0 aliphatic heterocycles. The normalized spacial score (nSPS) is 12.3. The molecule has 0 spiro atoms. The number of nitrogens with one attached hydrogen (secondary N) is 2. The fourth-order valence-electron chi connectivity index (χ4n) is 2.59. The van der Waals surface area contributed by atoms with Gasteiger partial charge in [0.1, 0.15) is 5.01 Å². The van der Waals surface area contributed by atoms with E-state index in [1.165, 1.54) is 10.4 Å². The Morgan fingerprint density at radius 1 is 1.11 bits per heavy atom. The van der Waals surface area contributed by atoms with Crippen molar-refractivity contribution in [1.29, 1.82) is 0 Å². The lowest BCUT2D eigenvalue weighted by molar-refractivity contribution is 0.706. The Hall–Kier alpha value is -1.45. The number of hydrogen-bond donors (Lipinski definition) is 2. The van der Waals surface area contributed by atoms with Gasteiger partial charge in [-0.3, -0.25) is 4.99 Å². The van der Waals surface area contributed by atoms with Crippen LogP contribution >= 0.6 is 46.7 Å². The molecule has 3 aromatic rings. The lowest BCUT2D eigenvalue weighted by atomic mass is 10.1. The minimum absolute atomic E-state index is 0. The van der Waals surface area contributed by atoms with Gasteiger partial charge in [0.2, 0.25) is 0 Å². The number of halogens is 1. The van der Waals surface area contributed by atoms with Crippen molar-refractivity contribution in [2.75, 3.05) is 20.1 Å². The van der Waals surface area contributed by atoms with Gasteiger partial charge >= 0.3 is 0 Å². The summed E-state index contributed by atoms with van der Waals surface area (Å²) in [5.41, 5.74) is 2.29. The van der Waals surface area contributed by atoms with Gasteiger partial charge in [-0.15, -0.1) is 46.7 Å². The Morgan fingerprint density at radius 3 is 2.63 bits per heavy atom. The summed E-state index contributed by atoms with van der Waals surface area (Å²) in [5, 5.41) is 12.1. The molecule has 0 saturated heterocycles. The van der Waals surface area contributed by atoms with Crippen molar-refractivity contribution in [3.05, 3.63) is 63.8 Å². The van der Waals surface area contributed by atoms with Crippen molar-refractivity contribution in [2.45, 2.75) is 19.3 Å². The lowest BCUT2D eigenvalue weighted by Crippen LogP contribution is -2.39. The number of thiazole rings is 1. The summed E-state index contributed by atoms with van der Waals surface area (Å²) >= 11 is 3.49. The summed E-state index contributed by atoms with van der Waals surface area (Å²) in [5.74, 6) is 1.31. The largest absolute Gasteiger partial charge is 0.356 e. The van der Waals surface area contributed by atoms with Crippen LogP contribution in [-0.2, 0) is 6.42 Å². The maximum atomic E-state index is 4.73. The van der Waals surface area contributed by atoms with Crippen LogP contribution in [0, 0.1) is 0 Å². The van der Waals surface area contributed by atoms with E-state index in [0.717, 1.165) is 36.2 Å². The summed E-state index contributed by atoms with van der Waals surface area (Å²) in [7, 11) is 1.81. The van der Waals surface area contributed by atoms with E-state index >= 15 is 0 Å². The molecule has 0 radical (unpaired) electrons. The molecule has 1 atom stereocenters. The number of guanidine groups is 1. The molecule has 0 aliphatic rings. The fraction of sp³-hybridized carbons (Fsp3) is 0.300. The first-order valence-electron chi connectivity index (χ1n) is 8.74. The highest BCUT2D eigenvalue weighted by Gasteiger charge is 2.08. The minimum Gasteiger partial charge on any atom is -0.356 e. The number of aliphatic imine (C=N–C) groups is 1. The Bertz CT molecular complexity index is 816. The Balaban J connectivity index is 0.00000261. The number of hydrogen-bond acceptors (Lipinski definition) is 4. The fourth-order valence-corrected chi connectivity index (χ4v) is 4.23. The van der Waals surface area contributed by atoms with Crippen molar-refractivity contribution in [1.82, 2.24) is 15.6 Å². The zero-order chi connectivity index (χ0) is 18.2. The summed E-state index contributed by atoms with van der Waals surface area (Å²) in [6.07, 6.45) is 0.879. The highest BCUT2D eigenvalue weighted by atomic mass is 127. The number of aromatic nitrogens is 1. The van der Waals surface area contributed by atoms with E-state index in [2.05, 4.69) is 57.6 Å². The van der Waals surface area contributed by atoms with Crippen LogP contribution in [-0.4, -0.2) is 31.1 Å². The van der Waals surface area contributed by atoms with Crippen LogP contribution in [0.25, 0.3) is 10.6 Å². The molecule has 0 bridgehead atoms. The topological polar surface area (TPSA) is 49.3 Å². The Labute approximate surface area is 186 Å². The summed E-state index contributed by atoms with van der Waals surface area (Å²) in [6.45, 7) is 3.91. The number of nitrogens with zero attached hydrogens (tertiary/aromatic N) is 2. The van der Waals surface area contributed by atoms with Gasteiger partial charge in [0.25, 0.3) is 0 Å². The Morgan fingerprint density at radius 2 is 1.93 bits per heavy atom. The second kappa shape index (κ2) is 11.4. The number of thiophene rings is 1. The van der Waals surface area contributed by atoms with E-state index in [0.29, 0.717) is 5.92 Å². The quantitative estimate of drug-likeness (QED) is 0.266. The molecular weight excluding hydrogens is 487 g/mol. The van der Waals surface area contributed by atoms with E-state index in [1.54, 1.807) is 22.7 Å². The highest BCUT2D eigenvalue weighted by Crippen LogP contribution is 2.23. The maximum absolute atomic E-state index is 4.73.